The van der Waals surface area contributed by atoms with Crippen LogP contribution in [-0.2, 0) is 5.41 Å². The predicted molar refractivity (Wildman–Crippen MR) is 476 cm³/mol. The molecule has 0 saturated carbocycles. The number of hydrogen-bond donors (Lipinski definition) is 0. The molecule has 0 saturated heterocycles. The van der Waals surface area contributed by atoms with Crippen molar-refractivity contribution in [2.24, 2.45) is 0 Å². The van der Waals surface area contributed by atoms with E-state index in [1.54, 1.807) is 0 Å². The number of rotatable bonds is 11. The zero-order valence-corrected chi connectivity index (χ0v) is 63.0. The Morgan fingerprint density at radius 3 is 0.905 bits per heavy atom. The minimum atomic E-state index is -0.347. The van der Waals surface area contributed by atoms with E-state index < -0.39 is 0 Å². The number of furan rings is 3. The van der Waals surface area contributed by atoms with E-state index in [0.29, 0.717) is 21.9 Å². The highest BCUT2D eigenvalue weighted by molar-refractivity contribution is 6.13. The molecule has 1 aliphatic rings. The van der Waals surface area contributed by atoms with Gasteiger partial charge in [0.15, 0.2) is 0 Å². The van der Waals surface area contributed by atoms with Gasteiger partial charge in [0.05, 0.1) is 10.8 Å². The first kappa shape index (κ1) is 67.6. The van der Waals surface area contributed by atoms with E-state index in [1.807, 2.05) is 121 Å². The number of benzene rings is 17. The van der Waals surface area contributed by atoms with Crippen LogP contribution < -0.4 is 21.1 Å². The van der Waals surface area contributed by atoms with Crippen LogP contribution in [0.3, 0.4) is 0 Å². The second-order valence-corrected chi connectivity index (χ2v) is 30.4. The summed E-state index contributed by atoms with van der Waals surface area (Å²) in [4.78, 5) is 31.0. The Labute approximate surface area is 665 Å². The van der Waals surface area contributed by atoms with Crippen LogP contribution in [0, 0.1) is 0 Å². The Morgan fingerprint density at radius 1 is 0.198 bits per heavy atom. The van der Waals surface area contributed by atoms with E-state index in [-0.39, 0.29) is 16.7 Å². The predicted octanol–water partition coefficient (Wildman–Crippen LogP) is 29.2. The van der Waals surface area contributed by atoms with Gasteiger partial charge in [-0.3, -0.25) is 0 Å². The molecule has 22 aromatic rings. The van der Waals surface area contributed by atoms with E-state index in [4.69, 9.17) is 22.1 Å². The first-order valence-electron chi connectivity index (χ1n) is 39.1. The maximum Gasteiger partial charge on any atom is 0.344 e. The highest BCUT2D eigenvalue weighted by Crippen LogP contribution is 2.52. The van der Waals surface area contributed by atoms with Gasteiger partial charge in [0, 0.05) is 99.3 Å². The molecule has 0 amide bonds. The standard InChI is InChI=1S/C55H33NO4.C52H35NO3/c57-55-49-33-37(26-31-43(49)44-12-1-6-21-52(44)60-55)36-10-7-11-40(32-36)56(38-27-22-34(23-28-38)41-15-8-17-47-45-13-2-4-19-50(45)58-53(41)47)39-29-24-35(25-30-39)42-16-9-18-48-46-14-3-5-20-51(46)59-54(42)48;1-52(2)46-18-6-3-13-40(46)41-28-26-37(31-47(41)52)53(35-24-21-32(22-25-35)38-16-10-17-44-43-15-5-7-19-48(43)55-50(38)44)36-12-9-11-33(29-36)34-23-27-39-42-14-4-8-20-49(42)56-51(54)45(39)30-34/h1-33H;3-31H,1-2H3. The van der Waals surface area contributed by atoms with Crippen LogP contribution in [0.2, 0.25) is 0 Å². The zero-order chi connectivity index (χ0) is 77.3. The third-order valence-electron chi connectivity index (χ3n) is 23.5. The average molecular weight is 1490 g/mol. The molecular formula is C107H68N2O7. The van der Waals surface area contributed by atoms with Gasteiger partial charge in [0.25, 0.3) is 0 Å². The normalized spacial score (nSPS) is 12.4. The highest BCUT2D eigenvalue weighted by Gasteiger charge is 2.36. The Hall–Kier alpha value is -15.3. The van der Waals surface area contributed by atoms with Crippen LogP contribution in [0.1, 0.15) is 25.0 Å². The molecule has 0 bridgehead atoms. The zero-order valence-electron chi connectivity index (χ0n) is 63.0. The molecule has 0 atom stereocenters. The number of para-hydroxylation sites is 8. The summed E-state index contributed by atoms with van der Waals surface area (Å²) in [5.74, 6) is 0. The Morgan fingerprint density at radius 2 is 0.491 bits per heavy atom. The lowest BCUT2D eigenvalue weighted by Crippen LogP contribution is -2.16. The monoisotopic (exact) mass is 1490 g/mol. The van der Waals surface area contributed by atoms with Crippen LogP contribution in [0.25, 0.3) is 176 Å². The van der Waals surface area contributed by atoms with Gasteiger partial charge in [-0.1, -0.05) is 275 Å². The van der Waals surface area contributed by atoms with Gasteiger partial charge in [0.2, 0.25) is 0 Å². The van der Waals surface area contributed by atoms with Gasteiger partial charge in [0.1, 0.15) is 44.7 Å². The summed E-state index contributed by atoms with van der Waals surface area (Å²) in [5.41, 5.74) is 27.1. The molecule has 0 spiro atoms. The van der Waals surface area contributed by atoms with Crippen molar-refractivity contribution in [3.63, 3.8) is 0 Å². The molecule has 9 nitrogen and oxygen atoms in total. The molecule has 0 radical (unpaired) electrons. The quantitative estimate of drug-likeness (QED) is 0.0924. The molecule has 548 valence electrons. The molecule has 0 aliphatic heterocycles. The fourth-order valence-corrected chi connectivity index (χ4v) is 17.8. The SMILES string of the molecule is CC1(C)c2ccccc2-c2ccc(N(c3ccc(-c4cccc5c4oc4ccccc45)cc3)c3cccc(-c4ccc5c(c4)c(=O)oc4ccccc45)c3)cc21.O=c1oc2ccccc2c2ccc(-c3cccc(N(c4ccc(-c5cccc6c5oc5ccccc56)cc4)c4ccc(-c5cccc6c5oc5ccccc56)cc4)c3)cc12. The lowest BCUT2D eigenvalue weighted by molar-refractivity contribution is 0.569. The summed E-state index contributed by atoms with van der Waals surface area (Å²) >= 11 is 0. The number of fused-ring (bicyclic) bond motifs is 18. The van der Waals surface area contributed by atoms with Crippen molar-refractivity contribution in [1.29, 1.82) is 0 Å². The number of nitrogens with zero attached hydrogens (tertiary/aromatic N) is 2. The van der Waals surface area contributed by atoms with Crippen LogP contribution in [0.15, 0.2) is 408 Å². The van der Waals surface area contributed by atoms with E-state index in [1.165, 1.54) is 22.3 Å². The summed E-state index contributed by atoms with van der Waals surface area (Å²) in [6.45, 7) is 4.64. The van der Waals surface area contributed by atoms with Gasteiger partial charge in [-0.15, -0.1) is 0 Å². The van der Waals surface area contributed by atoms with Crippen LogP contribution in [0.5, 0.6) is 0 Å². The second-order valence-electron chi connectivity index (χ2n) is 30.4. The lowest BCUT2D eigenvalue weighted by atomic mass is 9.82. The molecule has 1 aliphatic carbocycles. The number of hydrogen-bond acceptors (Lipinski definition) is 9. The van der Waals surface area contributed by atoms with E-state index in [2.05, 4.69) is 278 Å². The van der Waals surface area contributed by atoms with Gasteiger partial charge >= 0.3 is 11.3 Å². The highest BCUT2D eigenvalue weighted by atomic mass is 16.4. The van der Waals surface area contributed by atoms with Crippen molar-refractivity contribution < 1.29 is 22.1 Å². The first-order chi connectivity index (χ1) is 57.1. The van der Waals surface area contributed by atoms with Crippen molar-refractivity contribution in [3.05, 3.63) is 408 Å². The number of anilines is 6. The maximum atomic E-state index is 13.2. The summed E-state index contributed by atoms with van der Waals surface area (Å²) in [6.07, 6.45) is 0. The van der Waals surface area contributed by atoms with Gasteiger partial charge in [-0.05, 0) is 187 Å². The summed E-state index contributed by atoms with van der Waals surface area (Å²) in [6, 6.07) is 130. The van der Waals surface area contributed by atoms with Gasteiger partial charge < -0.3 is 31.9 Å². The average Bonchev–Trinajstić information content (AvgIpc) is 1.54. The van der Waals surface area contributed by atoms with Crippen molar-refractivity contribution in [1.82, 2.24) is 0 Å². The second kappa shape index (κ2) is 27.0. The summed E-state index contributed by atoms with van der Waals surface area (Å²) in [7, 11) is 0. The Kier molecular flexibility index (Phi) is 15.7. The third kappa shape index (κ3) is 11.2. The van der Waals surface area contributed by atoms with Crippen molar-refractivity contribution in [2.75, 3.05) is 9.80 Å². The molecule has 9 heteroatoms. The van der Waals surface area contributed by atoms with Gasteiger partial charge in [-0.2, -0.15) is 0 Å². The minimum absolute atomic E-state index is 0.152. The lowest BCUT2D eigenvalue weighted by Gasteiger charge is -2.28. The Balaban J connectivity index is 0.000000141. The molecule has 0 fully saturated rings. The molecule has 5 aromatic heterocycles. The molecule has 0 unspecified atom stereocenters. The fraction of sp³-hybridized carbons (Fsp3) is 0.0280. The van der Waals surface area contributed by atoms with Gasteiger partial charge in [-0.25, -0.2) is 9.59 Å². The minimum Gasteiger partial charge on any atom is -0.455 e. The smallest absolute Gasteiger partial charge is 0.344 e. The summed E-state index contributed by atoms with van der Waals surface area (Å²) in [5, 5.41) is 11.4. The van der Waals surface area contributed by atoms with E-state index >= 15 is 0 Å². The van der Waals surface area contributed by atoms with Crippen molar-refractivity contribution in [2.45, 2.75) is 19.3 Å². The topological polar surface area (TPSA) is 106 Å². The first-order valence-corrected chi connectivity index (χ1v) is 39.1. The largest absolute Gasteiger partial charge is 0.455 e. The molecule has 0 N–H and O–H groups in total. The van der Waals surface area contributed by atoms with E-state index in [0.717, 1.165) is 177 Å². The van der Waals surface area contributed by atoms with Crippen LogP contribution in [-0.4, -0.2) is 0 Å². The Bertz CT molecular complexity index is 7720. The molecular weight excluding hydrogens is 1430 g/mol. The molecule has 116 heavy (non-hydrogen) atoms. The molecule has 23 rings (SSSR count). The van der Waals surface area contributed by atoms with Crippen molar-refractivity contribution in [3.8, 4) is 66.8 Å². The third-order valence-corrected chi connectivity index (χ3v) is 23.5. The van der Waals surface area contributed by atoms with Crippen LogP contribution in [0.4, 0.5) is 34.1 Å². The van der Waals surface area contributed by atoms with E-state index in [9.17, 15) is 9.59 Å². The molecule has 5 heterocycles. The summed E-state index contributed by atoms with van der Waals surface area (Å²) < 4.78 is 30.7. The molecule has 17 aromatic carbocycles. The van der Waals surface area contributed by atoms with Crippen molar-refractivity contribution >= 4 is 143 Å². The maximum absolute atomic E-state index is 13.2. The van der Waals surface area contributed by atoms with Crippen LogP contribution >= 0.6 is 0 Å². The fourth-order valence-electron chi connectivity index (χ4n) is 17.8.